The molecular weight excluding hydrogens is 460 g/mol. The lowest BCUT2D eigenvalue weighted by atomic mass is 10.0. The molecule has 8 heteroatoms. The SMILES string of the molecule is CCN(CC)C1=NC(=O)[C@H](CC(=O)Nc2cccc(C(=O)N[C@@H](c3ccc(C)cc3)C3CC3)c2)S1. The van der Waals surface area contributed by atoms with Gasteiger partial charge in [0.2, 0.25) is 5.91 Å². The number of benzene rings is 2. The topological polar surface area (TPSA) is 90.9 Å². The van der Waals surface area contributed by atoms with Gasteiger partial charge in [-0.15, -0.1) is 0 Å². The van der Waals surface area contributed by atoms with E-state index in [1.807, 2.05) is 25.7 Å². The van der Waals surface area contributed by atoms with Crippen molar-refractivity contribution in [1.82, 2.24) is 10.2 Å². The van der Waals surface area contributed by atoms with E-state index >= 15 is 0 Å². The van der Waals surface area contributed by atoms with Crippen LogP contribution in [0.25, 0.3) is 0 Å². The summed E-state index contributed by atoms with van der Waals surface area (Å²) in [6, 6.07) is 15.2. The zero-order valence-corrected chi connectivity index (χ0v) is 21.2. The molecular formula is C27H32N4O3S. The van der Waals surface area contributed by atoms with Crippen LogP contribution in [0.5, 0.6) is 0 Å². The molecule has 1 saturated carbocycles. The zero-order valence-electron chi connectivity index (χ0n) is 20.4. The lowest BCUT2D eigenvalue weighted by Crippen LogP contribution is -2.30. The van der Waals surface area contributed by atoms with Gasteiger partial charge in [0, 0.05) is 30.8 Å². The molecule has 0 unspecified atom stereocenters. The van der Waals surface area contributed by atoms with Crippen LogP contribution < -0.4 is 10.6 Å². The minimum atomic E-state index is -0.522. The average molecular weight is 493 g/mol. The fraction of sp³-hybridized carbons (Fsp3) is 0.407. The Morgan fingerprint density at radius 1 is 1.11 bits per heavy atom. The number of aliphatic imine (C=N–C) groups is 1. The summed E-state index contributed by atoms with van der Waals surface area (Å²) in [6.07, 6.45) is 2.24. The van der Waals surface area contributed by atoms with Crippen LogP contribution in [0.15, 0.2) is 53.5 Å². The second-order valence-corrected chi connectivity index (χ2v) is 10.2. The third-order valence-corrected chi connectivity index (χ3v) is 7.57. The summed E-state index contributed by atoms with van der Waals surface area (Å²) >= 11 is 1.34. The second kappa shape index (κ2) is 11.1. The Morgan fingerprint density at radius 2 is 1.83 bits per heavy atom. The number of hydrogen-bond acceptors (Lipinski definition) is 5. The first-order chi connectivity index (χ1) is 16.9. The van der Waals surface area contributed by atoms with Crippen LogP contribution in [0.2, 0.25) is 0 Å². The lowest BCUT2D eigenvalue weighted by molar-refractivity contribution is -0.121. The van der Waals surface area contributed by atoms with Crippen LogP contribution in [0.4, 0.5) is 5.69 Å². The minimum Gasteiger partial charge on any atom is -0.352 e. The normalized spacial score (nSPS) is 18.1. The zero-order chi connectivity index (χ0) is 24.9. The highest BCUT2D eigenvalue weighted by atomic mass is 32.2. The van der Waals surface area contributed by atoms with Gasteiger partial charge in [0.05, 0.1) is 6.04 Å². The van der Waals surface area contributed by atoms with Gasteiger partial charge in [-0.25, -0.2) is 0 Å². The monoisotopic (exact) mass is 492 g/mol. The number of amidine groups is 1. The molecule has 2 N–H and O–H groups in total. The molecule has 0 spiro atoms. The van der Waals surface area contributed by atoms with Crippen molar-refractivity contribution < 1.29 is 14.4 Å². The van der Waals surface area contributed by atoms with Gasteiger partial charge in [-0.3, -0.25) is 14.4 Å². The van der Waals surface area contributed by atoms with Crippen LogP contribution in [0.1, 0.15) is 60.6 Å². The smallest absolute Gasteiger partial charge is 0.262 e. The lowest BCUT2D eigenvalue weighted by Gasteiger charge is -2.20. The molecule has 35 heavy (non-hydrogen) atoms. The molecule has 1 aliphatic carbocycles. The number of nitrogens with zero attached hydrogens (tertiary/aromatic N) is 2. The van der Waals surface area contributed by atoms with Gasteiger partial charge in [0.1, 0.15) is 5.25 Å². The van der Waals surface area contributed by atoms with Crippen LogP contribution in [0, 0.1) is 12.8 Å². The van der Waals surface area contributed by atoms with Crippen LogP contribution >= 0.6 is 11.8 Å². The summed E-state index contributed by atoms with van der Waals surface area (Å²) in [6.45, 7) is 7.58. The van der Waals surface area contributed by atoms with Crippen LogP contribution in [0.3, 0.4) is 0 Å². The van der Waals surface area contributed by atoms with Crippen molar-refractivity contribution >= 4 is 40.3 Å². The first-order valence-electron chi connectivity index (χ1n) is 12.2. The molecule has 0 aromatic heterocycles. The third kappa shape index (κ3) is 6.31. The number of carbonyl (C=O) groups is 3. The predicted octanol–water partition coefficient (Wildman–Crippen LogP) is 4.54. The summed E-state index contributed by atoms with van der Waals surface area (Å²) in [5, 5.41) is 6.17. The maximum Gasteiger partial charge on any atom is 0.262 e. The number of carbonyl (C=O) groups excluding carboxylic acids is 3. The Balaban J connectivity index is 1.36. The van der Waals surface area contributed by atoms with Crippen molar-refractivity contribution in [2.24, 2.45) is 10.9 Å². The van der Waals surface area contributed by atoms with E-state index in [2.05, 4.69) is 39.9 Å². The molecule has 1 aliphatic heterocycles. The van der Waals surface area contributed by atoms with Crippen molar-refractivity contribution in [3.63, 3.8) is 0 Å². The molecule has 2 atom stereocenters. The number of thioether (sulfide) groups is 1. The van der Waals surface area contributed by atoms with Gasteiger partial charge < -0.3 is 15.5 Å². The van der Waals surface area contributed by atoms with Crippen molar-refractivity contribution in [3.8, 4) is 0 Å². The summed E-state index contributed by atoms with van der Waals surface area (Å²) in [5.74, 6) is -0.269. The standard InChI is InChI=1S/C27H32N4O3S/c1-4-31(5-2)27-30-26(34)22(35-27)16-23(32)28-21-8-6-7-20(15-21)25(33)29-24(19-13-14-19)18-11-9-17(3)10-12-18/h6-12,15,19,22,24H,4-5,13-14,16H2,1-3H3,(H,28,32)(H,29,33)/t22-,24-/m0/s1. The Morgan fingerprint density at radius 3 is 2.49 bits per heavy atom. The summed E-state index contributed by atoms with van der Waals surface area (Å²) in [5.41, 5.74) is 3.31. The van der Waals surface area contributed by atoms with Gasteiger partial charge in [0.25, 0.3) is 11.8 Å². The van der Waals surface area contributed by atoms with E-state index in [0.717, 1.165) is 31.5 Å². The fourth-order valence-corrected chi connectivity index (χ4v) is 5.35. The third-order valence-electron chi connectivity index (χ3n) is 6.36. The molecule has 2 aromatic rings. The number of rotatable bonds is 9. The van der Waals surface area contributed by atoms with Crippen molar-refractivity contribution in [3.05, 3.63) is 65.2 Å². The number of aryl methyl sites for hydroxylation is 1. The average Bonchev–Trinajstić information content (AvgIpc) is 3.63. The Hall–Kier alpha value is -3.13. The molecule has 4 rings (SSSR count). The van der Waals surface area contributed by atoms with E-state index < -0.39 is 5.25 Å². The Kier molecular flexibility index (Phi) is 7.90. The quantitative estimate of drug-likeness (QED) is 0.536. The van der Waals surface area contributed by atoms with E-state index in [-0.39, 0.29) is 30.2 Å². The van der Waals surface area contributed by atoms with E-state index in [9.17, 15) is 14.4 Å². The Labute approximate surface area is 210 Å². The number of nitrogens with one attached hydrogen (secondary N) is 2. The molecule has 0 radical (unpaired) electrons. The molecule has 7 nitrogen and oxygen atoms in total. The summed E-state index contributed by atoms with van der Waals surface area (Å²) in [4.78, 5) is 44.1. The number of amides is 3. The summed E-state index contributed by atoms with van der Waals surface area (Å²) < 4.78 is 0. The van der Waals surface area contributed by atoms with Gasteiger partial charge in [0.15, 0.2) is 5.17 Å². The number of hydrogen-bond donors (Lipinski definition) is 2. The molecule has 3 amide bonds. The van der Waals surface area contributed by atoms with Crippen molar-refractivity contribution in [2.45, 2.75) is 51.3 Å². The maximum atomic E-state index is 13.1. The molecule has 2 aliphatic rings. The van der Waals surface area contributed by atoms with Gasteiger partial charge in [-0.1, -0.05) is 47.7 Å². The molecule has 0 bridgehead atoms. The van der Waals surface area contributed by atoms with Gasteiger partial charge in [-0.05, 0) is 63.3 Å². The second-order valence-electron chi connectivity index (χ2n) is 9.04. The van der Waals surface area contributed by atoms with Crippen LogP contribution in [-0.4, -0.2) is 46.1 Å². The fourth-order valence-electron chi connectivity index (χ4n) is 4.16. The molecule has 2 aromatic carbocycles. The first kappa shape index (κ1) is 25.0. The van der Waals surface area contributed by atoms with E-state index in [0.29, 0.717) is 22.3 Å². The summed E-state index contributed by atoms with van der Waals surface area (Å²) in [7, 11) is 0. The van der Waals surface area contributed by atoms with Crippen LogP contribution in [-0.2, 0) is 9.59 Å². The van der Waals surface area contributed by atoms with E-state index in [1.54, 1.807) is 24.3 Å². The molecule has 184 valence electrons. The highest BCUT2D eigenvalue weighted by Crippen LogP contribution is 2.41. The number of anilines is 1. The minimum absolute atomic E-state index is 0.0215. The molecule has 1 fully saturated rings. The highest BCUT2D eigenvalue weighted by Gasteiger charge is 2.34. The van der Waals surface area contributed by atoms with Crippen molar-refractivity contribution in [2.75, 3.05) is 18.4 Å². The molecule has 0 saturated heterocycles. The maximum absolute atomic E-state index is 13.1. The largest absolute Gasteiger partial charge is 0.352 e. The van der Waals surface area contributed by atoms with Gasteiger partial charge >= 0.3 is 0 Å². The van der Waals surface area contributed by atoms with E-state index in [4.69, 9.17) is 0 Å². The Bertz CT molecular complexity index is 1120. The van der Waals surface area contributed by atoms with Crippen molar-refractivity contribution in [1.29, 1.82) is 0 Å². The van der Waals surface area contributed by atoms with Gasteiger partial charge in [-0.2, -0.15) is 4.99 Å². The molecule has 1 heterocycles. The van der Waals surface area contributed by atoms with E-state index in [1.165, 1.54) is 17.3 Å². The predicted molar refractivity (Wildman–Crippen MR) is 141 cm³/mol. The highest BCUT2D eigenvalue weighted by molar-refractivity contribution is 8.15. The first-order valence-corrected chi connectivity index (χ1v) is 13.1.